The second-order valence-electron chi connectivity index (χ2n) is 5.24. The molecule has 3 heterocycles. The van der Waals surface area contributed by atoms with Gasteiger partial charge in [-0.2, -0.15) is 5.10 Å². The van der Waals surface area contributed by atoms with Gasteiger partial charge >= 0.3 is 5.97 Å². The molecule has 24 heavy (non-hydrogen) atoms. The number of rotatable bonds is 3. The zero-order chi connectivity index (χ0) is 16.7. The first-order valence-corrected chi connectivity index (χ1v) is 7.14. The molecular weight excluding hydrogens is 311 g/mol. The molecule has 4 aromatic rings. The first-order valence-electron chi connectivity index (χ1n) is 7.14. The molecule has 118 valence electrons. The maximum atomic E-state index is 13.2. The van der Waals surface area contributed by atoms with Crippen molar-refractivity contribution in [1.82, 2.24) is 19.6 Å². The molecule has 3 aromatic heterocycles. The van der Waals surface area contributed by atoms with E-state index >= 15 is 0 Å². The SMILES string of the molecule is O=C(O)c1[nH]nc(-c2ccc(F)cc2)c1-c1ccc2nccn2c1. The molecule has 0 aliphatic rings. The Hall–Kier alpha value is -3.48. The van der Waals surface area contributed by atoms with Crippen molar-refractivity contribution in [3.8, 4) is 22.4 Å². The number of nitrogens with one attached hydrogen (secondary N) is 1. The summed E-state index contributed by atoms with van der Waals surface area (Å²) in [6.07, 6.45) is 5.22. The highest BCUT2D eigenvalue weighted by molar-refractivity contribution is 5.98. The lowest BCUT2D eigenvalue weighted by Crippen LogP contribution is -1.99. The Labute approximate surface area is 135 Å². The number of H-pyrrole nitrogens is 1. The number of imidazole rings is 1. The monoisotopic (exact) mass is 322 g/mol. The fourth-order valence-corrected chi connectivity index (χ4v) is 2.66. The minimum Gasteiger partial charge on any atom is -0.477 e. The second kappa shape index (κ2) is 5.31. The third-order valence-electron chi connectivity index (χ3n) is 3.78. The van der Waals surface area contributed by atoms with Crippen LogP contribution in [-0.4, -0.2) is 30.7 Å². The van der Waals surface area contributed by atoms with Crippen LogP contribution in [-0.2, 0) is 0 Å². The maximum absolute atomic E-state index is 13.2. The normalized spacial score (nSPS) is 11.0. The summed E-state index contributed by atoms with van der Waals surface area (Å²) < 4.78 is 15.0. The standard InChI is InChI=1S/C17H11FN4O2/c18-12-4-1-10(2-5-12)15-14(16(17(23)24)21-20-15)11-3-6-13-19-7-8-22(13)9-11/h1-9H,(H,20,21)(H,23,24). The van der Waals surface area contributed by atoms with Crippen molar-refractivity contribution in [3.63, 3.8) is 0 Å². The number of nitrogens with zero attached hydrogens (tertiary/aromatic N) is 3. The minimum absolute atomic E-state index is 0.0196. The lowest BCUT2D eigenvalue weighted by molar-refractivity contribution is 0.0691. The summed E-state index contributed by atoms with van der Waals surface area (Å²) in [5.41, 5.74) is 2.93. The summed E-state index contributed by atoms with van der Waals surface area (Å²) in [6.45, 7) is 0. The van der Waals surface area contributed by atoms with Crippen LogP contribution in [0.1, 0.15) is 10.5 Å². The topological polar surface area (TPSA) is 83.3 Å². The van der Waals surface area contributed by atoms with Crippen LogP contribution in [0.25, 0.3) is 28.0 Å². The van der Waals surface area contributed by atoms with Crippen LogP contribution < -0.4 is 0 Å². The van der Waals surface area contributed by atoms with Crippen LogP contribution in [0.4, 0.5) is 4.39 Å². The van der Waals surface area contributed by atoms with Gasteiger partial charge < -0.3 is 9.51 Å². The molecule has 0 aliphatic heterocycles. The van der Waals surface area contributed by atoms with Crippen LogP contribution in [0.2, 0.25) is 0 Å². The third-order valence-corrected chi connectivity index (χ3v) is 3.78. The predicted molar refractivity (Wildman–Crippen MR) is 85.1 cm³/mol. The van der Waals surface area contributed by atoms with Gasteiger partial charge in [0.15, 0.2) is 5.69 Å². The molecule has 0 unspecified atom stereocenters. The van der Waals surface area contributed by atoms with Gasteiger partial charge in [0.1, 0.15) is 17.2 Å². The maximum Gasteiger partial charge on any atom is 0.354 e. The highest BCUT2D eigenvalue weighted by Crippen LogP contribution is 2.33. The summed E-state index contributed by atoms with van der Waals surface area (Å²) in [4.78, 5) is 15.7. The Morgan fingerprint density at radius 2 is 1.88 bits per heavy atom. The molecular formula is C17H11FN4O2. The second-order valence-corrected chi connectivity index (χ2v) is 5.24. The average molecular weight is 322 g/mol. The molecule has 0 saturated carbocycles. The lowest BCUT2D eigenvalue weighted by Gasteiger charge is -2.06. The van der Waals surface area contributed by atoms with Crippen molar-refractivity contribution in [1.29, 1.82) is 0 Å². The molecule has 0 amide bonds. The number of aromatic nitrogens is 4. The Morgan fingerprint density at radius 3 is 2.62 bits per heavy atom. The van der Waals surface area contributed by atoms with E-state index in [1.54, 1.807) is 47.3 Å². The van der Waals surface area contributed by atoms with Crippen LogP contribution in [0, 0.1) is 5.82 Å². The number of hydrogen-bond acceptors (Lipinski definition) is 3. The van der Waals surface area contributed by atoms with Crippen LogP contribution in [0.5, 0.6) is 0 Å². The predicted octanol–water partition coefficient (Wildman–Crippen LogP) is 3.23. The van der Waals surface area contributed by atoms with Gasteiger partial charge in [0.25, 0.3) is 0 Å². The van der Waals surface area contributed by atoms with E-state index in [1.165, 1.54) is 12.1 Å². The highest BCUT2D eigenvalue weighted by atomic mass is 19.1. The number of carboxylic acids is 1. The molecule has 0 atom stereocenters. The Kier molecular flexibility index (Phi) is 3.13. The number of carboxylic acid groups (broad SMARTS) is 1. The summed E-state index contributed by atoms with van der Waals surface area (Å²) >= 11 is 0. The molecule has 0 fully saturated rings. The molecule has 0 bridgehead atoms. The molecule has 6 nitrogen and oxygen atoms in total. The van der Waals surface area contributed by atoms with E-state index in [0.717, 1.165) is 5.65 Å². The molecule has 0 spiro atoms. The third kappa shape index (κ3) is 2.23. The zero-order valence-corrected chi connectivity index (χ0v) is 12.3. The number of benzene rings is 1. The first-order chi connectivity index (χ1) is 11.6. The van der Waals surface area contributed by atoms with Gasteiger partial charge in [-0.3, -0.25) is 5.10 Å². The summed E-state index contributed by atoms with van der Waals surface area (Å²) in [5.74, 6) is -1.48. The van der Waals surface area contributed by atoms with Gasteiger partial charge in [-0.05, 0) is 36.4 Å². The van der Waals surface area contributed by atoms with Crippen LogP contribution in [0.15, 0.2) is 55.0 Å². The molecule has 2 N–H and O–H groups in total. The quantitative estimate of drug-likeness (QED) is 0.606. The number of pyridine rings is 1. The molecule has 0 aliphatic carbocycles. The number of carbonyl (C=O) groups is 1. The zero-order valence-electron chi connectivity index (χ0n) is 12.3. The van der Waals surface area contributed by atoms with Crippen molar-refractivity contribution in [2.75, 3.05) is 0 Å². The fraction of sp³-hybridized carbons (Fsp3) is 0. The summed E-state index contributed by atoms with van der Waals surface area (Å²) in [6, 6.07) is 9.34. The smallest absolute Gasteiger partial charge is 0.354 e. The first kappa shape index (κ1) is 14.1. The number of fused-ring (bicyclic) bond motifs is 1. The Bertz CT molecular complexity index is 1050. The van der Waals surface area contributed by atoms with Crippen molar-refractivity contribution in [2.45, 2.75) is 0 Å². The fourth-order valence-electron chi connectivity index (χ4n) is 2.66. The number of aromatic carboxylic acids is 1. The minimum atomic E-state index is -1.11. The van der Waals surface area contributed by atoms with Crippen molar-refractivity contribution >= 4 is 11.6 Å². The molecule has 0 radical (unpaired) electrons. The highest BCUT2D eigenvalue weighted by Gasteiger charge is 2.21. The molecule has 7 heteroatoms. The lowest BCUT2D eigenvalue weighted by atomic mass is 10.00. The van der Waals surface area contributed by atoms with Crippen LogP contribution in [0.3, 0.4) is 0 Å². The van der Waals surface area contributed by atoms with Crippen molar-refractivity contribution in [3.05, 3.63) is 66.5 Å². The molecule has 0 saturated heterocycles. The van der Waals surface area contributed by atoms with E-state index in [0.29, 0.717) is 22.4 Å². The van der Waals surface area contributed by atoms with Gasteiger partial charge in [-0.25, -0.2) is 14.2 Å². The molecule has 4 rings (SSSR count). The summed E-state index contributed by atoms with van der Waals surface area (Å²) in [7, 11) is 0. The number of halogens is 1. The summed E-state index contributed by atoms with van der Waals surface area (Å²) in [5, 5.41) is 16.1. The van der Waals surface area contributed by atoms with E-state index in [9.17, 15) is 14.3 Å². The number of hydrogen-bond donors (Lipinski definition) is 2. The van der Waals surface area contributed by atoms with Crippen molar-refractivity contribution in [2.24, 2.45) is 0 Å². The van der Waals surface area contributed by atoms with E-state index < -0.39 is 5.97 Å². The van der Waals surface area contributed by atoms with E-state index in [1.807, 2.05) is 0 Å². The molecule has 1 aromatic carbocycles. The van der Waals surface area contributed by atoms with Gasteiger partial charge in [0, 0.05) is 35.3 Å². The number of aromatic amines is 1. The Balaban J connectivity index is 1.96. The van der Waals surface area contributed by atoms with Crippen LogP contribution >= 0.6 is 0 Å². The van der Waals surface area contributed by atoms with Gasteiger partial charge in [0.05, 0.1) is 0 Å². The average Bonchev–Trinajstić information content (AvgIpc) is 3.21. The van der Waals surface area contributed by atoms with E-state index in [-0.39, 0.29) is 11.5 Å². The largest absolute Gasteiger partial charge is 0.477 e. The van der Waals surface area contributed by atoms with Gasteiger partial charge in [-0.1, -0.05) is 0 Å². The van der Waals surface area contributed by atoms with Gasteiger partial charge in [0.2, 0.25) is 0 Å². The Morgan fingerprint density at radius 1 is 1.12 bits per heavy atom. The van der Waals surface area contributed by atoms with Gasteiger partial charge in [-0.15, -0.1) is 0 Å². The van der Waals surface area contributed by atoms with E-state index in [4.69, 9.17) is 0 Å². The van der Waals surface area contributed by atoms with E-state index in [2.05, 4.69) is 15.2 Å². The van der Waals surface area contributed by atoms with Crippen molar-refractivity contribution < 1.29 is 14.3 Å².